The van der Waals surface area contributed by atoms with E-state index in [0.29, 0.717) is 6.04 Å². The Morgan fingerprint density at radius 1 is 1.28 bits per heavy atom. The molecule has 100 valence electrons. The number of nitrogens with zero attached hydrogens (tertiary/aromatic N) is 1. The predicted octanol–water partition coefficient (Wildman–Crippen LogP) is 3.27. The quantitative estimate of drug-likeness (QED) is 0.861. The number of hydrogen-bond acceptors (Lipinski definition) is 2. The minimum absolute atomic E-state index is 0.246. The fraction of sp³-hybridized carbons (Fsp3) is 0.625. The van der Waals surface area contributed by atoms with E-state index in [0.717, 1.165) is 6.54 Å². The fourth-order valence-electron chi connectivity index (χ4n) is 2.61. The molecule has 0 fully saturated rings. The summed E-state index contributed by atoms with van der Waals surface area (Å²) in [6.45, 7) is 7.94. The lowest BCUT2D eigenvalue weighted by Crippen LogP contribution is -2.35. The summed E-state index contributed by atoms with van der Waals surface area (Å²) in [6, 6.07) is 7.50. The Hall–Kier alpha value is -1.02. The smallest absolute Gasteiger partial charge is 0.0391 e. The van der Waals surface area contributed by atoms with Crippen LogP contribution < -0.4 is 5.32 Å². The predicted molar refractivity (Wildman–Crippen MR) is 79.4 cm³/mol. The van der Waals surface area contributed by atoms with Gasteiger partial charge in [0.05, 0.1) is 0 Å². The lowest BCUT2D eigenvalue weighted by atomic mass is 9.84. The van der Waals surface area contributed by atoms with Gasteiger partial charge in [0.25, 0.3) is 0 Å². The molecule has 0 bridgehead atoms. The standard InChI is InChI=1S/C16H26N2/c1-16(2,3)13-7-9-15-12(10-13)6-8-14(17-15)11-18(4)5/h7,9-10,14,17H,6,8,11H2,1-5H3. The second-order valence-electron chi connectivity index (χ2n) is 6.76. The summed E-state index contributed by atoms with van der Waals surface area (Å²) in [4.78, 5) is 2.26. The average Bonchev–Trinajstić information content (AvgIpc) is 2.26. The molecule has 1 unspecified atom stereocenters. The van der Waals surface area contributed by atoms with Crippen LogP contribution in [0.3, 0.4) is 0 Å². The largest absolute Gasteiger partial charge is 0.381 e. The Labute approximate surface area is 111 Å². The first-order chi connectivity index (χ1) is 8.36. The van der Waals surface area contributed by atoms with Gasteiger partial charge in [-0.3, -0.25) is 0 Å². The topological polar surface area (TPSA) is 15.3 Å². The van der Waals surface area contributed by atoms with Crippen LogP contribution in [-0.4, -0.2) is 31.6 Å². The minimum Gasteiger partial charge on any atom is -0.381 e. The van der Waals surface area contributed by atoms with Crippen molar-refractivity contribution in [2.75, 3.05) is 26.0 Å². The van der Waals surface area contributed by atoms with Gasteiger partial charge in [-0.05, 0) is 49.5 Å². The van der Waals surface area contributed by atoms with Crippen LogP contribution in [0.4, 0.5) is 5.69 Å². The number of rotatable bonds is 2. The molecule has 1 aliphatic heterocycles. The highest BCUT2D eigenvalue weighted by atomic mass is 15.1. The van der Waals surface area contributed by atoms with Gasteiger partial charge < -0.3 is 10.2 Å². The highest BCUT2D eigenvalue weighted by Gasteiger charge is 2.21. The molecule has 0 spiro atoms. The molecule has 0 saturated carbocycles. The maximum Gasteiger partial charge on any atom is 0.0391 e. The molecule has 0 saturated heterocycles. The highest BCUT2D eigenvalue weighted by Crippen LogP contribution is 2.30. The van der Waals surface area contributed by atoms with Crippen molar-refractivity contribution in [3.63, 3.8) is 0 Å². The van der Waals surface area contributed by atoms with Crippen molar-refractivity contribution in [2.45, 2.75) is 45.1 Å². The van der Waals surface area contributed by atoms with Gasteiger partial charge in [0.15, 0.2) is 0 Å². The molecule has 18 heavy (non-hydrogen) atoms. The third-order valence-corrected chi connectivity index (χ3v) is 3.68. The van der Waals surface area contributed by atoms with Gasteiger partial charge in [-0.2, -0.15) is 0 Å². The summed E-state index contributed by atoms with van der Waals surface area (Å²) in [5.74, 6) is 0. The van der Waals surface area contributed by atoms with E-state index in [2.05, 4.69) is 63.3 Å². The maximum atomic E-state index is 3.67. The molecule has 1 aromatic carbocycles. The van der Waals surface area contributed by atoms with Crippen molar-refractivity contribution in [1.29, 1.82) is 0 Å². The van der Waals surface area contributed by atoms with Crippen LogP contribution in [0.2, 0.25) is 0 Å². The number of fused-ring (bicyclic) bond motifs is 1. The van der Waals surface area contributed by atoms with Crippen molar-refractivity contribution < 1.29 is 0 Å². The van der Waals surface area contributed by atoms with E-state index in [1.807, 2.05) is 0 Å². The number of nitrogens with one attached hydrogen (secondary N) is 1. The number of hydrogen-bond donors (Lipinski definition) is 1. The second-order valence-corrected chi connectivity index (χ2v) is 6.76. The third-order valence-electron chi connectivity index (χ3n) is 3.68. The molecule has 1 N–H and O–H groups in total. The first kappa shape index (κ1) is 13.4. The summed E-state index contributed by atoms with van der Waals surface area (Å²) >= 11 is 0. The zero-order valence-corrected chi connectivity index (χ0v) is 12.4. The van der Waals surface area contributed by atoms with Crippen molar-refractivity contribution in [2.24, 2.45) is 0 Å². The first-order valence-electron chi connectivity index (χ1n) is 6.91. The Morgan fingerprint density at radius 2 is 2.00 bits per heavy atom. The van der Waals surface area contributed by atoms with Crippen LogP contribution in [0.15, 0.2) is 18.2 Å². The zero-order chi connectivity index (χ0) is 13.3. The van der Waals surface area contributed by atoms with E-state index in [1.54, 1.807) is 0 Å². The Bertz CT molecular complexity index is 416. The summed E-state index contributed by atoms with van der Waals surface area (Å²) < 4.78 is 0. The molecule has 2 nitrogen and oxygen atoms in total. The van der Waals surface area contributed by atoms with Crippen molar-refractivity contribution in [1.82, 2.24) is 4.90 Å². The Morgan fingerprint density at radius 3 is 2.61 bits per heavy atom. The number of anilines is 1. The molecule has 0 radical (unpaired) electrons. The van der Waals surface area contributed by atoms with Crippen LogP contribution in [0.5, 0.6) is 0 Å². The van der Waals surface area contributed by atoms with Crippen LogP contribution >= 0.6 is 0 Å². The molecule has 0 aromatic heterocycles. The molecule has 1 aliphatic rings. The van der Waals surface area contributed by atoms with Crippen molar-refractivity contribution in [3.05, 3.63) is 29.3 Å². The van der Waals surface area contributed by atoms with Gasteiger partial charge in [-0.25, -0.2) is 0 Å². The second kappa shape index (κ2) is 4.93. The van der Waals surface area contributed by atoms with Gasteiger partial charge >= 0.3 is 0 Å². The minimum atomic E-state index is 0.246. The molecule has 2 rings (SSSR count). The van der Waals surface area contributed by atoms with E-state index < -0.39 is 0 Å². The molecule has 2 heteroatoms. The van der Waals surface area contributed by atoms with Gasteiger partial charge in [0.2, 0.25) is 0 Å². The fourth-order valence-corrected chi connectivity index (χ4v) is 2.61. The normalized spacial score (nSPS) is 19.6. The van der Waals surface area contributed by atoms with E-state index in [9.17, 15) is 0 Å². The Kier molecular flexibility index (Phi) is 3.67. The molecule has 1 aromatic rings. The summed E-state index contributed by atoms with van der Waals surface area (Å²) in [7, 11) is 4.28. The van der Waals surface area contributed by atoms with E-state index in [4.69, 9.17) is 0 Å². The van der Waals surface area contributed by atoms with Crippen LogP contribution in [0, 0.1) is 0 Å². The van der Waals surface area contributed by atoms with Crippen LogP contribution in [-0.2, 0) is 11.8 Å². The monoisotopic (exact) mass is 246 g/mol. The van der Waals surface area contributed by atoms with E-state index in [-0.39, 0.29) is 5.41 Å². The summed E-state index contributed by atoms with van der Waals surface area (Å²) in [5, 5.41) is 3.67. The van der Waals surface area contributed by atoms with Crippen molar-refractivity contribution >= 4 is 5.69 Å². The van der Waals surface area contributed by atoms with E-state index >= 15 is 0 Å². The first-order valence-corrected chi connectivity index (χ1v) is 6.91. The number of aryl methyl sites for hydroxylation is 1. The molecular weight excluding hydrogens is 220 g/mol. The van der Waals surface area contributed by atoms with Crippen LogP contribution in [0.1, 0.15) is 38.3 Å². The highest BCUT2D eigenvalue weighted by molar-refractivity contribution is 5.56. The van der Waals surface area contributed by atoms with Crippen LogP contribution in [0.25, 0.3) is 0 Å². The summed E-state index contributed by atoms with van der Waals surface area (Å²) in [5.41, 5.74) is 4.50. The number of likely N-dealkylation sites (N-methyl/N-ethyl adjacent to an activating group) is 1. The molecule has 0 amide bonds. The molecule has 1 atom stereocenters. The average molecular weight is 246 g/mol. The molecular formula is C16H26N2. The summed E-state index contributed by atoms with van der Waals surface area (Å²) in [6.07, 6.45) is 2.43. The SMILES string of the molecule is CN(C)CC1CCc2cc(C(C)(C)C)ccc2N1. The zero-order valence-electron chi connectivity index (χ0n) is 12.4. The number of benzene rings is 1. The van der Waals surface area contributed by atoms with Gasteiger partial charge in [0, 0.05) is 18.3 Å². The molecule has 1 heterocycles. The third kappa shape index (κ3) is 3.05. The van der Waals surface area contributed by atoms with E-state index in [1.165, 1.54) is 29.7 Å². The Balaban J connectivity index is 2.16. The van der Waals surface area contributed by atoms with Gasteiger partial charge in [-0.1, -0.05) is 32.9 Å². The lowest BCUT2D eigenvalue weighted by molar-refractivity contribution is 0.371. The van der Waals surface area contributed by atoms with Crippen molar-refractivity contribution in [3.8, 4) is 0 Å². The maximum absolute atomic E-state index is 3.67. The van der Waals surface area contributed by atoms with Gasteiger partial charge in [-0.15, -0.1) is 0 Å². The molecule has 0 aliphatic carbocycles. The van der Waals surface area contributed by atoms with Gasteiger partial charge in [0.1, 0.15) is 0 Å². The lowest BCUT2D eigenvalue weighted by Gasteiger charge is -2.30.